The number of carboxylic acid groups (broad SMARTS) is 1. The maximum Gasteiger partial charge on any atom is 0.409 e. The smallest absolute Gasteiger partial charge is 0.409 e. The number of carboxylic acids is 1. The molecule has 0 bridgehead atoms. The molecule has 1 fully saturated rings. The average Bonchev–Trinajstić information content (AvgIpc) is 3.23. The predicted molar refractivity (Wildman–Crippen MR) is 153 cm³/mol. The highest BCUT2D eigenvalue weighted by Crippen LogP contribution is 2.30. The lowest BCUT2D eigenvalue weighted by molar-refractivity contribution is -0.137. The zero-order chi connectivity index (χ0) is 29.4. The predicted octanol–water partition coefficient (Wildman–Crippen LogP) is 3.87. The highest BCUT2D eigenvalue weighted by molar-refractivity contribution is 6.07. The van der Waals surface area contributed by atoms with Gasteiger partial charge in [0.2, 0.25) is 0 Å². The van der Waals surface area contributed by atoms with E-state index < -0.39 is 29.9 Å². The number of anilines is 2. The molecule has 1 aromatic heterocycles. The Morgan fingerprint density at radius 3 is 2.44 bits per heavy atom. The van der Waals surface area contributed by atoms with Crippen LogP contribution in [0.3, 0.4) is 0 Å². The fraction of sp³-hybridized carbons (Fsp3) is 0.300. The molecule has 41 heavy (non-hydrogen) atoms. The summed E-state index contributed by atoms with van der Waals surface area (Å²) >= 11 is 0. The Morgan fingerprint density at radius 1 is 0.976 bits per heavy atom. The number of hydrogen-bond acceptors (Lipinski definition) is 7. The number of hydrogen-bond donors (Lipinski definition) is 3. The Morgan fingerprint density at radius 2 is 1.76 bits per heavy atom. The van der Waals surface area contributed by atoms with Gasteiger partial charge in [0.15, 0.2) is 0 Å². The van der Waals surface area contributed by atoms with Gasteiger partial charge in [0.05, 0.1) is 36.5 Å². The van der Waals surface area contributed by atoms with Gasteiger partial charge >= 0.3 is 12.1 Å². The summed E-state index contributed by atoms with van der Waals surface area (Å²) < 4.78 is 4.87. The maximum absolute atomic E-state index is 13.4. The number of carbonyl (C=O) groups excluding carboxylic acids is 3. The number of aromatic nitrogens is 1. The second kappa shape index (κ2) is 13.4. The van der Waals surface area contributed by atoms with Crippen molar-refractivity contribution in [3.8, 4) is 0 Å². The van der Waals surface area contributed by atoms with E-state index in [0.717, 1.165) is 5.56 Å². The Hall–Kier alpha value is -4.93. The summed E-state index contributed by atoms with van der Waals surface area (Å²) in [7, 11) is 1.35. The van der Waals surface area contributed by atoms with Crippen LogP contribution in [0.25, 0.3) is 0 Å². The lowest BCUT2D eigenvalue weighted by atomic mass is 10.0. The molecule has 1 saturated heterocycles. The van der Waals surface area contributed by atoms with Crippen molar-refractivity contribution in [3.63, 3.8) is 0 Å². The minimum absolute atomic E-state index is 0.253. The van der Waals surface area contributed by atoms with E-state index in [1.165, 1.54) is 13.3 Å². The van der Waals surface area contributed by atoms with Gasteiger partial charge < -0.3 is 30.3 Å². The van der Waals surface area contributed by atoms with Crippen molar-refractivity contribution < 1.29 is 29.0 Å². The van der Waals surface area contributed by atoms with Gasteiger partial charge in [-0.25, -0.2) is 4.79 Å². The minimum atomic E-state index is -1.04. The average molecular weight is 560 g/mol. The Bertz CT molecular complexity index is 1400. The highest BCUT2D eigenvalue weighted by atomic mass is 16.5. The molecule has 4 rings (SSSR count). The third-order valence-corrected chi connectivity index (χ3v) is 6.86. The standard InChI is InChI=1S/C30H33N5O6/c1-20-6-8-21(9-7-20)24(18-27(36)37)32-28(38)22-10-11-26(34-13-4-14-35(16-15-34)30(40)41-2)25(17-22)33-29(39)23-5-3-12-31-19-23/h3,5-12,17,19,24H,4,13-16,18H2,1-2H3,(H,32,38)(H,33,39)(H,36,37). The number of ether oxygens (including phenoxy) is 1. The summed E-state index contributed by atoms with van der Waals surface area (Å²) in [6.45, 7) is 3.99. The monoisotopic (exact) mass is 559 g/mol. The molecule has 0 spiro atoms. The normalized spacial score (nSPS) is 14.0. The summed E-state index contributed by atoms with van der Waals surface area (Å²) in [5, 5.41) is 15.2. The van der Waals surface area contributed by atoms with Gasteiger partial charge in [-0.15, -0.1) is 0 Å². The van der Waals surface area contributed by atoms with Crippen molar-refractivity contribution in [1.29, 1.82) is 0 Å². The van der Waals surface area contributed by atoms with Crippen molar-refractivity contribution in [2.24, 2.45) is 0 Å². The third kappa shape index (κ3) is 7.59. The Balaban J connectivity index is 1.62. The first-order chi connectivity index (χ1) is 19.7. The SMILES string of the molecule is COC(=O)N1CCCN(c2ccc(C(=O)NC(CC(=O)O)c3ccc(C)cc3)cc2NC(=O)c2cccnc2)CC1. The minimum Gasteiger partial charge on any atom is -0.481 e. The van der Waals surface area contributed by atoms with E-state index in [1.54, 1.807) is 53.6 Å². The van der Waals surface area contributed by atoms with Crippen LogP contribution in [0.5, 0.6) is 0 Å². The number of rotatable bonds is 8. The zero-order valence-electron chi connectivity index (χ0n) is 23.0. The number of methoxy groups -OCH3 is 1. The van der Waals surface area contributed by atoms with Gasteiger partial charge in [-0.05, 0) is 49.2 Å². The fourth-order valence-electron chi connectivity index (χ4n) is 4.68. The first-order valence-electron chi connectivity index (χ1n) is 13.3. The molecule has 1 aliphatic rings. The molecule has 1 atom stereocenters. The van der Waals surface area contributed by atoms with Crippen LogP contribution in [0.1, 0.15) is 50.7 Å². The van der Waals surface area contributed by atoms with E-state index in [-0.39, 0.29) is 12.0 Å². The van der Waals surface area contributed by atoms with E-state index in [1.807, 2.05) is 24.0 Å². The number of nitrogens with one attached hydrogen (secondary N) is 2. The summed E-state index contributed by atoms with van der Waals surface area (Å²) in [6.07, 6.45) is 3.01. The number of benzene rings is 2. The molecule has 2 aromatic carbocycles. The molecular weight excluding hydrogens is 526 g/mol. The molecule has 3 N–H and O–H groups in total. The van der Waals surface area contributed by atoms with Crippen LogP contribution in [0.2, 0.25) is 0 Å². The lowest BCUT2D eigenvalue weighted by Gasteiger charge is -2.26. The zero-order valence-corrected chi connectivity index (χ0v) is 23.0. The van der Waals surface area contributed by atoms with Crippen LogP contribution in [0.4, 0.5) is 16.2 Å². The molecule has 2 heterocycles. The summed E-state index contributed by atoms with van der Waals surface area (Å²) in [6, 6.07) is 14.8. The van der Waals surface area contributed by atoms with Crippen LogP contribution < -0.4 is 15.5 Å². The van der Waals surface area contributed by atoms with Crippen molar-refractivity contribution in [2.45, 2.75) is 25.8 Å². The second-order valence-corrected chi connectivity index (χ2v) is 9.76. The van der Waals surface area contributed by atoms with Crippen molar-refractivity contribution in [2.75, 3.05) is 43.5 Å². The van der Waals surface area contributed by atoms with Crippen LogP contribution in [0, 0.1) is 6.92 Å². The molecule has 0 radical (unpaired) electrons. The summed E-state index contributed by atoms with van der Waals surface area (Å²) in [5.41, 5.74) is 3.38. The van der Waals surface area contributed by atoms with Crippen LogP contribution in [0.15, 0.2) is 67.0 Å². The van der Waals surface area contributed by atoms with E-state index in [4.69, 9.17) is 4.74 Å². The fourth-order valence-corrected chi connectivity index (χ4v) is 4.68. The lowest BCUT2D eigenvalue weighted by Crippen LogP contribution is -2.35. The first kappa shape index (κ1) is 29.1. The quantitative estimate of drug-likeness (QED) is 0.378. The first-order valence-corrected chi connectivity index (χ1v) is 13.3. The van der Waals surface area contributed by atoms with Gasteiger partial charge in [-0.2, -0.15) is 0 Å². The molecule has 214 valence electrons. The molecule has 11 nitrogen and oxygen atoms in total. The van der Waals surface area contributed by atoms with Crippen molar-refractivity contribution in [1.82, 2.24) is 15.2 Å². The highest BCUT2D eigenvalue weighted by Gasteiger charge is 2.24. The third-order valence-electron chi connectivity index (χ3n) is 6.86. The molecular formula is C30H33N5O6. The topological polar surface area (TPSA) is 141 Å². The Labute approximate surface area is 238 Å². The van der Waals surface area contributed by atoms with Gasteiger partial charge in [0.1, 0.15) is 0 Å². The molecule has 3 amide bonds. The van der Waals surface area contributed by atoms with E-state index in [0.29, 0.717) is 55.1 Å². The number of nitrogens with zero attached hydrogens (tertiary/aromatic N) is 3. The number of aryl methyl sites for hydroxylation is 1. The largest absolute Gasteiger partial charge is 0.481 e. The van der Waals surface area contributed by atoms with Crippen molar-refractivity contribution >= 4 is 35.3 Å². The number of carbonyl (C=O) groups is 4. The molecule has 3 aromatic rings. The number of amides is 3. The van der Waals surface area contributed by atoms with Crippen LogP contribution in [-0.2, 0) is 9.53 Å². The molecule has 0 saturated carbocycles. The van der Waals surface area contributed by atoms with Crippen LogP contribution in [-0.4, -0.2) is 72.2 Å². The van der Waals surface area contributed by atoms with Gasteiger partial charge in [-0.1, -0.05) is 29.8 Å². The second-order valence-electron chi connectivity index (χ2n) is 9.76. The van der Waals surface area contributed by atoms with Gasteiger partial charge in [0, 0.05) is 44.1 Å². The number of pyridine rings is 1. The number of aliphatic carboxylic acids is 1. The molecule has 1 unspecified atom stereocenters. The van der Waals surface area contributed by atoms with E-state index in [2.05, 4.69) is 15.6 Å². The molecule has 0 aliphatic carbocycles. The van der Waals surface area contributed by atoms with E-state index >= 15 is 0 Å². The molecule has 11 heteroatoms. The summed E-state index contributed by atoms with van der Waals surface area (Å²) in [4.78, 5) is 57.8. The van der Waals surface area contributed by atoms with Crippen LogP contribution >= 0.6 is 0 Å². The maximum atomic E-state index is 13.4. The Kier molecular flexibility index (Phi) is 9.51. The molecule has 1 aliphatic heterocycles. The van der Waals surface area contributed by atoms with Gasteiger partial charge in [-0.3, -0.25) is 19.4 Å². The van der Waals surface area contributed by atoms with E-state index in [9.17, 15) is 24.3 Å². The van der Waals surface area contributed by atoms with Gasteiger partial charge in [0.25, 0.3) is 11.8 Å². The van der Waals surface area contributed by atoms with Crippen molar-refractivity contribution in [3.05, 3.63) is 89.2 Å². The summed E-state index contributed by atoms with van der Waals surface area (Å²) in [5.74, 6) is -1.92.